The fourth-order valence-corrected chi connectivity index (χ4v) is 3.93. The molecule has 0 saturated heterocycles. The van der Waals surface area contributed by atoms with Gasteiger partial charge < -0.3 is 9.47 Å². The zero-order valence-corrected chi connectivity index (χ0v) is 18.8. The predicted molar refractivity (Wildman–Crippen MR) is 135 cm³/mol. The number of ether oxygens (including phenoxy) is 2. The van der Waals surface area contributed by atoms with E-state index in [0.29, 0.717) is 25.4 Å². The van der Waals surface area contributed by atoms with Crippen LogP contribution in [-0.4, -0.2) is 11.6 Å². The van der Waals surface area contributed by atoms with Crippen LogP contribution >= 0.6 is 0 Å². The van der Waals surface area contributed by atoms with Crippen molar-refractivity contribution in [1.82, 2.24) is 4.98 Å². The summed E-state index contributed by atoms with van der Waals surface area (Å²) in [5.41, 5.74) is 4.85. The van der Waals surface area contributed by atoms with Crippen molar-refractivity contribution in [3.63, 3.8) is 0 Å². The summed E-state index contributed by atoms with van der Waals surface area (Å²) in [5.74, 6) is 0.821. The molecule has 4 nitrogen and oxygen atoms in total. The number of hydrogen-bond acceptors (Lipinski definition) is 4. The molecule has 0 radical (unpaired) electrons. The molecule has 1 heterocycles. The van der Waals surface area contributed by atoms with E-state index >= 15 is 0 Å². The molecule has 0 unspecified atom stereocenters. The van der Waals surface area contributed by atoms with Crippen molar-refractivity contribution in [2.24, 2.45) is 0 Å². The van der Waals surface area contributed by atoms with Gasteiger partial charge in [0.05, 0.1) is 36.1 Å². The number of aromatic nitrogens is 1. The van der Waals surface area contributed by atoms with E-state index in [1.54, 1.807) is 0 Å². The lowest BCUT2D eigenvalue weighted by molar-refractivity contribution is 0.124. The Morgan fingerprint density at radius 1 is 0.706 bits per heavy atom. The van der Waals surface area contributed by atoms with Gasteiger partial charge in [-0.05, 0) is 70.8 Å². The molecule has 5 aromatic rings. The molecule has 0 N–H and O–H groups in total. The van der Waals surface area contributed by atoms with Crippen LogP contribution in [0.5, 0.6) is 5.75 Å². The molecular weight excluding hydrogens is 420 g/mol. The Bertz CT molecular complexity index is 1470. The van der Waals surface area contributed by atoms with Gasteiger partial charge in [0.25, 0.3) is 0 Å². The second-order valence-electron chi connectivity index (χ2n) is 8.24. The van der Waals surface area contributed by atoms with E-state index in [0.717, 1.165) is 45.1 Å². The summed E-state index contributed by atoms with van der Waals surface area (Å²) in [4.78, 5) is 4.68. The molecule has 0 saturated carbocycles. The van der Waals surface area contributed by atoms with Gasteiger partial charge in [-0.3, -0.25) is 0 Å². The monoisotopic (exact) mass is 444 g/mol. The Balaban J connectivity index is 1.19. The first kappa shape index (κ1) is 21.6. The van der Waals surface area contributed by atoms with Crippen LogP contribution in [0.25, 0.3) is 21.7 Å². The molecule has 0 fully saturated rings. The number of pyridine rings is 1. The van der Waals surface area contributed by atoms with Crippen molar-refractivity contribution in [3.8, 4) is 11.8 Å². The van der Waals surface area contributed by atoms with Gasteiger partial charge in [-0.1, -0.05) is 54.6 Å². The molecule has 0 spiro atoms. The fraction of sp³-hybridized carbons (Fsp3) is 0.133. The average molecular weight is 445 g/mol. The smallest absolute Gasteiger partial charge is 0.130 e. The zero-order valence-electron chi connectivity index (χ0n) is 18.8. The minimum Gasteiger partial charge on any atom is -0.487 e. The minimum atomic E-state index is 0.425. The summed E-state index contributed by atoms with van der Waals surface area (Å²) in [6.45, 7) is 1.61. The molecule has 5 rings (SSSR count). The van der Waals surface area contributed by atoms with Gasteiger partial charge in [0.2, 0.25) is 0 Å². The number of para-hydroxylation sites is 1. The van der Waals surface area contributed by atoms with Gasteiger partial charge in [0, 0.05) is 5.39 Å². The van der Waals surface area contributed by atoms with Gasteiger partial charge in [-0.15, -0.1) is 0 Å². The highest BCUT2D eigenvalue weighted by atomic mass is 16.5. The molecule has 166 valence electrons. The first-order valence-electron chi connectivity index (χ1n) is 11.3. The number of fused-ring (bicyclic) bond motifs is 2. The van der Waals surface area contributed by atoms with Crippen LogP contribution in [0.2, 0.25) is 0 Å². The highest BCUT2D eigenvalue weighted by Crippen LogP contribution is 2.23. The molecule has 0 aliphatic rings. The zero-order chi connectivity index (χ0) is 23.2. The first-order valence-corrected chi connectivity index (χ1v) is 11.3. The maximum absolute atomic E-state index is 8.89. The van der Waals surface area contributed by atoms with Crippen LogP contribution in [0.3, 0.4) is 0 Å². The Labute approximate surface area is 199 Å². The van der Waals surface area contributed by atoms with Crippen molar-refractivity contribution in [2.45, 2.75) is 19.6 Å². The predicted octanol–water partition coefficient (Wildman–Crippen LogP) is 6.60. The topological polar surface area (TPSA) is 55.1 Å². The van der Waals surface area contributed by atoms with Crippen LogP contribution in [0.1, 0.15) is 22.4 Å². The van der Waals surface area contributed by atoms with Crippen molar-refractivity contribution in [2.75, 3.05) is 6.61 Å². The van der Waals surface area contributed by atoms with Gasteiger partial charge in [0.15, 0.2) is 0 Å². The normalized spacial score (nSPS) is 10.9. The lowest BCUT2D eigenvalue weighted by atomic mass is 10.1. The van der Waals surface area contributed by atoms with Crippen molar-refractivity contribution in [3.05, 3.63) is 119 Å². The molecule has 4 heteroatoms. The van der Waals surface area contributed by atoms with Gasteiger partial charge >= 0.3 is 0 Å². The Kier molecular flexibility index (Phi) is 6.47. The summed E-state index contributed by atoms with van der Waals surface area (Å²) in [6.07, 6.45) is 0.820. The SMILES string of the molecule is N#Cc1ccc(CCOCc2ccc3ccc(OCc4ccc5ccccc5n4)cc3c2)cc1. The fourth-order valence-electron chi connectivity index (χ4n) is 3.93. The molecule has 34 heavy (non-hydrogen) atoms. The summed E-state index contributed by atoms with van der Waals surface area (Å²) in [5, 5.41) is 12.3. The molecule has 4 aromatic carbocycles. The van der Waals surface area contributed by atoms with Crippen molar-refractivity contribution < 1.29 is 9.47 Å². The standard InChI is InChI=1S/C30H24N2O2/c31-19-23-7-5-22(6-8-23)15-16-33-20-24-9-10-25-12-14-29(18-27(25)17-24)34-21-28-13-11-26-3-1-2-4-30(26)32-28/h1-14,17-18H,15-16,20-21H2. The maximum atomic E-state index is 8.89. The number of nitrogens with zero attached hydrogens (tertiary/aromatic N) is 2. The molecule has 0 bridgehead atoms. The van der Waals surface area contributed by atoms with E-state index in [1.165, 1.54) is 5.56 Å². The summed E-state index contributed by atoms with van der Waals surface area (Å²) in [7, 11) is 0. The second kappa shape index (κ2) is 10.2. The lowest BCUT2D eigenvalue weighted by Crippen LogP contribution is -1.99. The summed E-state index contributed by atoms with van der Waals surface area (Å²) >= 11 is 0. The Morgan fingerprint density at radius 3 is 2.38 bits per heavy atom. The molecule has 0 atom stereocenters. The van der Waals surface area contributed by atoms with Gasteiger partial charge in [0.1, 0.15) is 12.4 Å². The molecule has 0 amide bonds. The summed E-state index contributed by atoms with van der Waals surface area (Å²) < 4.78 is 11.9. The third-order valence-corrected chi connectivity index (χ3v) is 5.81. The van der Waals surface area contributed by atoms with Crippen LogP contribution in [0, 0.1) is 11.3 Å². The largest absolute Gasteiger partial charge is 0.487 e. The van der Waals surface area contributed by atoms with E-state index in [1.807, 2.05) is 54.6 Å². The van der Waals surface area contributed by atoms with E-state index in [9.17, 15) is 0 Å². The Morgan fingerprint density at radius 2 is 1.50 bits per heavy atom. The number of hydrogen-bond donors (Lipinski definition) is 0. The number of nitriles is 1. The van der Waals surface area contributed by atoms with Crippen LogP contribution in [0.4, 0.5) is 0 Å². The molecule has 0 aliphatic heterocycles. The second-order valence-corrected chi connectivity index (χ2v) is 8.24. The minimum absolute atomic E-state index is 0.425. The van der Waals surface area contributed by atoms with E-state index in [2.05, 4.69) is 53.5 Å². The van der Waals surface area contributed by atoms with E-state index < -0.39 is 0 Å². The number of rotatable bonds is 8. The van der Waals surface area contributed by atoms with E-state index in [-0.39, 0.29) is 0 Å². The maximum Gasteiger partial charge on any atom is 0.130 e. The third kappa shape index (κ3) is 5.23. The van der Waals surface area contributed by atoms with E-state index in [4.69, 9.17) is 14.7 Å². The molecule has 0 aliphatic carbocycles. The highest BCUT2D eigenvalue weighted by Gasteiger charge is 2.03. The molecule has 1 aromatic heterocycles. The Hall–Kier alpha value is -4.20. The first-order chi connectivity index (χ1) is 16.8. The molecular formula is C30H24N2O2. The number of benzene rings is 4. The lowest BCUT2D eigenvalue weighted by Gasteiger charge is -2.09. The third-order valence-electron chi connectivity index (χ3n) is 5.81. The van der Waals surface area contributed by atoms with Crippen molar-refractivity contribution >= 4 is 21.7 Å². The van der Waals surface area contributed by atoms with Gasteiger partial charge in [-0.2, -0.15) is 5.26 Å². The summed E-state index contributed by atoms with van der Waals surface area (Å²) in [6, 6.07) is 34.5. The van der Waals surface area contributed by atoms with Crippen molar-refractivity contribution in [1.29, 1.82) is 5.26 Å². The van der Waals surface area contributed by atoms with Crippen LogP contribution in [0.15, 0.2) is 97.1 Å². The van der Waals surface area contributed by atoms with Crippen LogP contribution in [-0.2, 0) is 24.4 Å². The highest BCUT2D eigenvalue weighted by molar-refractivity contribution is 5.84. The van der Waals surface area contributed by atoms with Crippen LogP contribution < -0.4 is 4.74 Å². The average Bonchev–Trinajstić information content (AvgIpc) is 2.90. The van der Waals surface area contributed by atoms with Gasteiger partial charge in [-0.25, -0.2) is 4.98 Å². The quantitative estimate of drug-likeness (QED) is 0.253.